The molecule has 2 aromatic rings. The average Bonchev–Trinajstić information content (AvgIpc) is 3.03. The normalized spacial score (nSPS) is 12.7. The number of aromatic nitrogens is 4. The van der Waals surface area contributed by atoms with Crippen LogP contribution in [0.4, 0.5) is 0 Å². The van der Waals surface area contributed by atoms with E-state index in [4.69, 9.17) is 4.74 Å². The van der Waals surface area contributed by atoms with E-state index in [2.05, 4.69) is 10.2 Å². The zero-order valence-electron chi connectivity index (χ0n) is 10.9. The second-order valence-electron chi connectivity index (χ2n) is 3.89. The average molecular weight is 250 g/mol. The van der Waals surface area contributed by atoms with Crippen molar-refractivity contribution in [1.29, 1.82) is 0 Å². The summed E-state index contributed by atoms with van der Waals surface area (Å²) in [5, 5.41) is 18.9. The molecule has 1 N–H and O–H groups in total. The highest BCUT2D eigenvalue weighted by Gasteiger charge is 2.23. The molecule has 0 amide bonds. The third-order valence-electron chi connectivity index (χ3n) is 2.95. The number of aliphatic hydroxyl groups excluding tert-OH is 1. The van der Waals surface area contributed by atoms with Gasteiger partial charge >= 0.3 is 0 Å². The number of hydrogen-bond donors (Lipinski definition) is 1. The van der Waals surface area contributed by atoms with Crippen LogP contribution in [0.3, 0.4) is 0 Å². The number of ether oxygens (including phenoxy) is 1. The van der Waals surface area contributed by atoms with Crippen LogP contribution >= 0.6 is 0 Å². The van der Waals surface area contributed by atoms with Gasteiger partial charge in [0.2, 0.25) is 0 Å². The van der Waals surface area contributed by atoms with Gasteiger partial charge in [-0.05, 0) is 19.9 Å². The maximum absolute atomic E-state index is 10.5. The van der Waals surface area contributed by atoms with Crippen LogP contribution in [0.15, 0.2) is 18.5 Å². The van der Waals surface area contributed by atoms with Gasteiger partial charge in [-0.2, -0.15) is 10.2 Å². The molecule has 6 heteroatoms. The fraction of sp³-hybridized carbons (Fsp3) is 0.500. The molecule has 2 rings (SSSR count). The number of methoxy groups -OCH3 is 1. The second kappa shape index (κ2) is 5.22. The molecule has 0 spiro atoms. The van der Waals surface area contributed by atoms with Gasteiger partial charge < -0.3 is 9.84 Å². The number of aryl methyl sites for hydroxylation is 2. The topological polar surface area (TPSA) is 65.1 Å². The molecule has 0 fully saturated rings. The van der Waals surface area contributed by atoms with Crippen LogP contribution in [0, 0.1) is 0 Å². The molecular formula is C12H18N4O2. The molecule has 0 saturated carbocycles. The number of nitrogens with zero attached hydrogens (tertiary/aromatic N) is 4. The molecule has 0 aliphatic rings. The standard InChI is InChI=1S/C12H18N4O2/c1-4-15-9(6-7-13-15)12(17)11-10(18-3)8-14-16(11)5-2/h6-8,12,17H,4-5H2,1-3H3. The zero-order chi connectivity index (χ0) is 13.1. The second-order valence-corrected chi connectivity index (χ2v) is 3.89. The van der Waals surface area contributed by atoms with Crippen LogP contribution in [0.2, 0.25) is 0 Å². The van der Waals surface area contributed by atoms with Gasteiger partial charge in [0, 0.05) is 19.3 Å². The van der Waals surface area contributed by atoms with E-state index in [0.29, 0.717) is 24.5 Å². The van der Waals surface area contributed by atoms with E-state index in [1.165, 1.54) is 0 Å². The van der Waals surface area contributed by atoms with Crippen LogP contribution in [-0.2, 0) is 13.1 Å². The fourth-order valence-electron chi connectivity index (χ4n) is 2.04. The van der Waals surface area contributed by atoms with Crippen molar-refractivity contribution >= 4 is 0 Å². The third kappa shape index (κ3) is 1.99. The van der Waals surface area contributed by atoms with E-state index in [1.54, 1.807) is 34.9 Å². The Hall–Kier alpha value is -1.82. The van der Waals surface area contributed by atoms with Crippen molar-refractivity contribution in [3.05, 3.63) is 29.8 Å². The summed E-state index contributed by atoms with van der Waals surface area (Å²) in [4.78, 5) is 0. The quantitative estimate of drug-likeness (QED) is 0.866. The Balaban J connectivity index is 2.44. The Kier molecular flexibility index (Phi) is 3.66. The Morgan fingerprint density at radius 3 is 2.61 bits per heavy atom. The lowest BCUT2D eigenvalue weighted by Crippen LogP contribution is -2.14. The predicted octanol–water partition coefficient (Wildman–Crippen LogP) is 1.21. The largest absolute Gasteiger partial charge is 0.493 e. The predicted molar refractivity (Wildman–Crippen MR) is 66.4 cm³/mol. The van der Waals surface area contributed by atoms with Crippen LogP contribution in [-0.4, -0.2) is 31.8 Å². The smallest absolute Gasteiger partial charge is 0.163 e. The van der Waals surface area contributed by atoms with Gasteiger partial charge in [-0.3, -0.25) is 9.36 Å². The minimum Gasteiger partial charge on any atom is -0.493 e. The lowest BCUT2D eigenvalue weighted by atomic mass is 10.1. The summed E-state index contributed by atoms with van der Waals surface area (Å²) in [7, 11) is 1.57. The molecule has 2 heterocycles. The lowest BCUT2D eigenvalue weighted by molar-refractivity contribution is 0.191. The van der Waals surface area contributed by atoms with E-state index < -0.39 is 6.10 Å². The van der Waals surface area contributed by atoms with Gasteiger partial charge in [0.25, 0.3) is 0 Å². The van der Waals surface area contributed by atoms with Gasteiger partial charge in [0.15, 0.2) is 5.75 Å². The molecular weight excluding hydrogens is 232 g/mol. The monoisotopic (exact) mass is 250 g/mol. The molecule has 0 bridgehead atoms. The van der Waals surface area contributed by atoms with E-state index in [1.807, 2.05) is 13.8 Å². The van der Waals surface area contributed by atoms with Crippen molar-refractivity contribution in [1.82, 2.24) is 19.6 Å². The summed E-state index contributed by atoms with van der Waals surface area (Å²) in [5.74, 6) is 0.591. The molecule has 2 aromatic heterocycles. The first-order valence-corrected chi connectivity index (χ1v) is 6.02. The van der Waals surface area contributed by atoms with E-state index in [9.17, 15) is 5.11 Å². The molecule has 6 nitrogen and oxygen atoms in total. The van der Waals surface area contributed by atoms with Gasteiger partial charge in [-0.25, -0.2) is 0 Å². The molecule has 1 unspecified atom stereocenters. The highest BCUT2D eigenvalue weighted by atomic mass is 16.5. The van der Waals surface area contributed by atoms with E-state index in [-0.39, 0.29) is 0 Å². The molecule has 18 heavy (non-hydrogen) atoms. The highest BCUT2D eigenvalue weighted by molar-refractivity contribution is 5.32. The summed E-state index contributed by atoms with van der Waals surface area (Å²) >= 11 is 0. The summed E-state index contributed by atoms with van der Waals surface area (Å²) in [6.45, 7) is 5.34. The van der Waals surface area contributed by atoms with E-state index in [0.717, 1.165) is 5.69 Å². The van der Waals surface area contributed by atoms with Crippen molar-refractivity contribution in [3.63, 3.8) is 0 Å². The maximum atomic E-state index is 10.5. The Bertz CT molecular complexity index is 496. The van der Waals surface area contributed by atoms with E-state index >= 15 is 0 Å². The molecule has 1 atom stereocenters. The number of aliphatic hydroxyl groups is 1. The van der Waals surface area contributed by atoms with Crippen molar-refractivity contribution in [2.75, 3.05) is 7.11 Å². The molecule has 0 aliphatic carbocycles. The molecule has 98 valence electrons. The summed E-state index contributed by atoms with van der Waals surface area (Å²) in [5.41, 5.74) is 1.40. The van der Waals surface area contributed by atoms with Gasteiger partial charge in [0.05, 0.1) is 19.0 Å². The highest BCUT2D eigenvalue weighted by Crippen LogP contribution is 2.29. The summed E-state index contributed by atoms with van der Waals surface area (Å²) < 4.78 is 8.74. The minimum absolute atomic E-state index is 0.591. The van der Waals surface area contributed by atoms with Crippen molar-refractivity contribution < 1.29 is 9.84 Å². The van der Waals surface area contributed by atoms with Gasteiger partial charge in [-0.1, -0.05) is 0 Å². The van der Waals surface area contributed by atoms with Crippen molar-refractivity contribution in [3.8, 4) is 5.75 Å². The van der Waals surface area contributed by atoms with Crippen LogP contribution < -0.4 is 4.74 Å². The Morgan fingerprint density at radius 2 is 2.00 bits per heavy atom. The number of hydrogen-bond acceptors (Lipinski definition) is 4. The SMILES string of the molecule is CCn1nccc1C(O)c1c(OC)cnn1CC. The first kappa shape index (κ1) is 12.6. The number of rotatable bonds is 5. The van der Waals surface area contributed by atoms with Crippen molar-refractivity contribution in [2.24, 2.45) is 0 Å². The van der Waals surface area contributed by atoms with Crippen molar-refractivity contribution in [2.45, 2.75) is 33.0 Å². The lowest BCUT2D eigenvalue weighted by Gasteiger charge is -2.15. The van der Waals surface area contributed by atoms with Crippen LogP contribution in [0.5, 0.6) is 5.75 Å². The van der Waals surface area contributed by atoms with Gasteiger partial charge in [0.1, 0.15) is 11.8 Å². The minimum atomic E-state index is -0.787. The molecule has 0 aromatic carbocycles. The summed E-state index contributed by atoms with van der Waals surface area (Å²) in [6, 6.07) is 1.81. The summed E-state index contributed by atoms with van der Waals surface area (Å²) in [6.07, 6.45) is 2.51. The Labute approximate surface area is 106 Å². The first-order chi connectivity index (χ1) is 8.72. The van der Waals surface area contributed by atoms with Crippen LogP contribution in [0.1, 0.15) is 31.3 Å². The van der Waals surface area contributed by atoms with Crippen LogP contribution in [0.25, 0.3) is 0 Å². The maximum Gasteiger partial charge on any atom is 0.163 e. The zero-order valence-corrected chi connectivity index (χ0v) is 10.9. The Morgan fingerprint density at radius 1 is 1.28 bits per heavy atom. The molecule has 0 radical (unpaired) electrons. The molecule has 0 aliphatic heterocycles. The first-order valence-electron chi connectivity index (χ1n) is 6.02. The molecule has 0 saturated heterocycles. The fourth-order valence-corrected chi connectivity index (χ4v) is 2.04. The third-order valence-corrected chi connectivity index (χ3v) is 2.95. The van der Waals surface area contributed by atoms with Gasteiger partial charge in [-0.15, -0.1) is 0 Å².